The number of rotatable bonds is 3. The molecule has 0 aromatic carbocycles. The van der Waals surface area contributed by atoms with E-state index in [9.17, 15) is 0 Å². The molecule has 0 unspecified atom stereocenters. The molecule has 22 heavy (non-hydrogen) atoms. The lowest BCUT2D eigenvalue weighted by Gasteiger charge is -2.07. The van der Waals surface area contributed by atoms with Crippen molar-refractivity contribution >= 4 is 22.9 Å². The molecule has 2 heterocycles. The van der Waals surface area contributed by atoms with Crippen LogP contribution in [0.4, 0.5) is 22.9 Å². The van der Waals surface area contributed by atoms with E-state index in [0.29, 0.717) is 40.5 Å². The lowest BCUT2D eigenvalue weighted by Crippen LogP contribution is -2.01. The standard InChI is InChI=1S/C7H11N3O2.C6H9N3O/c1-11-6-4(8)3-5(9)7(10-6)12-2;1-10-5-3-2-4(7)6(8)9-5/h3H,8-9H2,1-2H3;2-3H,7H2,1H3,(H2,8,9). The van der Waals surface area contributed by atoms with Crippen LogP contribution in [-0.2, 0) is 0 Å². The van der Waals surface area contributed by atoms with Crippen LogP contribution in [-0.4, -0.2) is 31.3 Å². The van der Waals surface area contributed by atoms with Crippen molar-refractivity contribution in [2.45, 2.75) is 0 Å². The Bertz CT molecular complexity index is 610. The zero-order valence-electron chi connectivity index (χ0n) is 12.7. The molecule has 0 atom stereocenters. The molecule has 0 aliphatic heterocycles. The summed E-state index contributed by atoms with van der Waals surface area (Å²) in [6.45, 7) is 0. The van der Waals surface area contributed by atoms with Crippen LogP contribution >= 0.6 is 0 Å². The van der Waals surface area contributed by atoms with E-state index >= 15 is 0 Å². The zero-order valence-corrected chi connectivity index (χ0v) is 12.7. The van der Waals surface area contributed by atoms with Gasteiger partial charge in [-0.3, -0.25) is 0 Å². The molecule has 2 rings (SSSR count). The Morgan fingerprint density at radius 2 is 1.27 bits per heavy atom. The van der Waals surface area contributed by atoms with Crippen LogP contribution < -0.4 is 37.1 Å². The second-order valence-corrected chi connectivity index (χ2v) is 4.01. The summed E-state index contributed by atoms with van der Waals surface area (Å²) in [7, 11) is 4.49. The third kappa shape index (κ3) is 4.20. The van der Waals surface area contributed by atoms with Gasteiger partial charge in [0.05, 0.1) is 38.4 Å². The molecule has 0 amide bonds. The maximum atomic E-state index is 5.53. The average molecular weight is 308 g/mol. The molecule has 0 fully saturated rings. The Labute approximate surface area is 128 Å². The topological polar surface area (TPSA) is 158 Å². The number of pyridine rings is 2. The highest BCUT2D eigenvalue weighted by molar-refractivity contribution is 5.62. The van der Waals surface area contributed by atoms with Gasteiger partial charge in [0.1, 0.15) is 0 Å². The summed E-state index contributed by atoms with van der Waals surface area (Å²) in [5.41, 5.74) is 23.1. The van der Waals surface area contributed by atoms with E-state index in [0.717, 1.165) is 0 Å². The van der Waals surface area contributed by atoms with Gasteiger partial charge in [-0.2, -0.15) is 9.97 Å². The smallest absolute Gasteiger partial charge is 0.240 e. The van der Waals surface area contributed by atoms with Crippen molar-refractivity contribution < 1.29 is 14.2 Å². The Kier molecular flexibility index (Phi) is 5.87. The molecule has 0 aliphatic carbocycles. The van der Waals surface area contributed by atoms with E-state index in [-0.39, 0.29) is 0 Å². The number of nitrogens with zero attached hydrogens (tertiary/aromatic N) is 2. The van der Waals surface area contributed by atoms with Gasteiger partial charge in [0.2, 0.25) is 17.6 Å². The first kappa shape index (κ1) is 17.0. The minimum atomic E-state index is 0.305. The van der Waals surface area contributed by atoms with Crippen LogP contribution in [0.3, 0.4) is 0 Å². The largest absolute Gasteiger partial charge is 0.481 e. The number of hydrogen-bond acceptors (Lipinski definition) is 9. The van der Waals surface area contributed by atoms with Crippen molar-refractivity contribution in [3.63, 3.8) is 0 Å². The SMILES string of the molecule is COc1ccc(N)c(N)n1.COc1nc(OC)c(N)cc1N. The summed E-state index contributed by atoms with van der Waals surface area (Å²) in [5, 5.41) is 0. The summed E-state index contributed by atoms with van der Waals surface area (Å²) < 4.78 is 14.5. The molecule has 0 saturated heterocycles. The van der Waals surface area contributed by atoms with Gasteiger partial charge in [-0.15, -0.1) is 0 Å². The van der Waals surface area contributed by atoms with Crippen molar-refractivity contribution in [3.05, 3.63) is 18.2 Å². The molecule has 120 valence electrons. The van der Waals surface area contributed by atoms with Crippen LogP contribution in [0.25, 0.3) is 0 Å². The van der Waals surface area contributed by atoms with Crippen LogP contribution in [0.1, 0.15) is 0 Å². The van der Waals surface area contributed by atoms with Crippen LogP contribution in [0.5, 0.6) is 17.6 Å². The number of hydrogen-bond donors (Lipinski definition) is 4. The number of methoxy groups -OCH3 is 3. The van der Waals surface area contributed by atoms with Crippen LogP contribution in [0.2, 0.25) is 0 Å². The number of anilines is 4. The molecule has 0 aliphatic rings. The van der Waals surface area contributed by atoms with Crippen LogP contribution in [0.15, 0.2) is 18.2 Å². The summed E-state index contributed by atoms with van der Waals surface area (Å²) in [6, 6.07) is 4.86. The monoisotopic (exact) mass is 308 g/mol. The quantitative estimate of drug-likeness (QED) is 0.634. The van der Waals surface area contributed by atoms with Crippen molar-refractivity contribution in [3.8, 4) is 17.6 Å². The Balaban J connectivity index is 0.000000224. The maximum Gasteiger partial charge on any atom is 0.240 e. The average Bonchev–Trinajstić information content (AvgIpc) is 2.51. The van der Waals surface area contributed by atoms with Gasteiger partial charge < -0.3 is 37.1 Å². The normalized spacial score (nSPS) is 9.41. The molecule has 2 aromatic heterocycles. The molecule has 2 aromatic rings. The van der Waals surface area contributed by atoms with E-state index in [4.69, 9.17) is 37.1 Å². The van der Waals surface area contributed by atoms with Gasteiger partial charge in [0.15, 0.2) is 5.82 Å². The van der Waals surface area contributed by atoms with Gasteiger partial charge in [0, 0.05) is 6.07 Å². The molecular weight excluding hydrogens is 288 g/mol. The summed E-state index contributed by atoms with van der Waals surface area (Å²) in [4.78, 5) is 7.74. The van der Waals surface area contributed by atoms with E-state index in [1.54, 1.807) is 18.2 Å². The minimum absolute atomic E-state index is 0.305. The predicted molar refractivity (Wildman–Crippen MR) is 85.8 cm³/mol. The van der Waals surface area contributed by atoms with E-state index < -0.39 is 0 Å². The predicted octanol–water partition coefficient (Wildman–Crippen LogP) is 0.518. The minimum Gasteiger partial charge on any atom is -0.481 e. The molecule has 8 N–H and O–H groups in total. The van der Waals surface area contributed by atoms with Crippen molar-refractivity contribution in [2.24, 2.45) is 0 Å². The van der Waals surface area contributed by atoms with Crippen molar-refractivity contribution in [1.82, 2.24) is 9.97 Å². The molecule has 0 spiro atoms. The molecular formula is C13H20N6O3. The van der Waals surface area contributed by atoms with E-state index in [1.165, 1.54) is 21.3 Å². The van der Waals surface area contributed by atoms with Gasteiger partial charge in [0.25, 0.3) is 0 Å². The molecule has 9 nitrogen and oxygen atoms in total. The maximum absolute atomic E-state index is 5.53. The van der Waals surface area contributed by atoms with Gasteiger partial charge in [-0.25, -0.2) is 0 Å². The first-order valence-electron chi connectivity index (χ1n) is 6.12. The Hall–Kier alpha value is -3.10. The first-order chi connectivity index (χ1) is 10.4. The highest BCUT2D eigenvalue weighted by atomic mass is 16.5. The molecule has 9 heteroatoms. The molecule has 0 radical (unpaired) electrons. The second-order valence-electron chi connectivity index (χ2n) is 4.01. The van der Waals surface area contributed by atoms with Crippen molar-refractivity contribution in [1.29, 1.82) is 0 Å². The molecule has 0 saturated carbocycles. The third-order valence-corrected chi connectivity index (χ3v) is 2.54. The van der Waals surface area contributed by atoms with Crippen molar-refractivity contribution in [2.75, 3.05) is 44.3 Å². The first-order valence-corrected chi connectivity index (χ1v) is 6.12. The Morgan fingerprint density at radius 1 is 0.727 bits per heavy atom. The summed E-state index contributed by atoms with van der Waals surface area (Å²) in [5.74, 6) is 1.42. The fourth-order valence-corrected chi connectivity index (χ4v) is 1.42. The highest BCUT2D eigenvalue weighted by Gasteiger charge is 2.07. The highest BCUT2D eigenvalue weighted by Crippen LogP contribution is 2.27. The molecule has 0 bridgehead atoms. The lowest BCUT2D eigenvalue weighted by atomic mass is 10.3. The van der Waals surface area contributed by atoms with Gasteiger partial charge in [-0.05, 0) is 12.1 Å². The third-order valence-electron chi connectivity index (χ3n) is 2.54. The van der Waals surface area contributed by atoms with E-state index in [1.807, 2.05) is 0 Å². The fraction of sp³-hybridized carbons (Fsp3) is 0.231. The fourth-order valence-electron chi connectivity index (χ4n) is 1.42. The number of ether oxygens (including phenoxy) is 3. The Morgan fingerprint density at radius 3 is 1.68 bits per heavy atom. The van der Waals surface area contributed by atoms with Gasteiger partial charge in [-0.1, -0.05) is 0 Å². The van der Waals surface area contributed by atoms with E-state index in [2.05, 4.69) is 9.97 Å². The van der Waals surface area contributed by atoms with Gasteiger partial charge >= 0.3 is 0 Å². The number of aromatic nitrogens is 2. The number of nitrogen functional groups attached to an aromatic ring is 4. The van der Waals surface area contributed by atoms with Crippen LogP contribution in [0, 0.1) is 0 Å². The second kappa shape index (κ2) is 7.62. The summed E-state index contributed by atoms with van der Waals surface area (Å²) >= 11 is 0. The summed E-state index contributed by atoms with van der Waals surface area (Å²) in [6.07, 6.45) is 0. The zero-order chi connectivity index (χ0) is 16.7. The lowest BCUT2D eigenvalue weighted by molar-refractivity contribution is 0.368. The number of nitrogens with two attached hydrogens (primary N) is 4.